The zero-order valence-corrected chi connectivity index (χ0v) is 27.0. The molecule has 1 amide bonds. The van der Waals surface area contributed by atoms with Gasteiger partial charge in [0.05, 0.1) is 6.61 Å². The van der Waals surface area contributed by atoms with Gasteiger partial charge < -0.3 is 18.9 Å². The van der Waals surface area contributed by atoms with Gasteiger partial charge in [-0.25, -0.2) is 9.59 Å². The first-order chi connectivity index (χ1) is 20.7. The molecule has 0 radical (unpaired) electrons. The fourth-order valence-electron chi connectivity index (χ4n) is 5.51. The largest absolute Gasteiger partial charge is 0.476 e. The van der Waals surface area contributed by atoms with Crippen LogP contribution in [0.1, 0.15) is 75.3 Å². The minimum Gasteiger partial charge on any atom is -0.476 e. The molecule has 234 valence electrons. The van der Waals surface area contributed by atoms with Crippen LogP contribution in [0, 0.1) is 13.8 Å². The normalized spacial score (nSPS) is 12.6. The van der Waals surface area contributed by atoms with Crippen LogP contribution in [-0.2, 0) is 30.3 Å². The summed E-state index contributed by atoms with van der Waals surface area (Å²) in [5.74, 6) is -0.540. The van der Waals surface area contributed by atoms with Crippen LogP contribution < -0.4 is 4.74 Å². The molecule has 0 saturated heterocycles. The van der Waals surface area contributed by atoms with Crippen LogP contribution in [-0.4, -0.2) is 53.9 Å². The second-order valence-corrected chi connectivity index (χ2v) is 12.6. The predicted molar refractivity (Wildman–Crippen MR) is 169 cm³/mol. The van der Waals surface area contributed by atoms with Gasteiger partial charge in [0, 0.05) is 12.5 Å². The summed E-state index contributed by atoms with van der Waals surface area (Å²) in [4.78, 5) is 40.3. The van der Waals surface area contributed by atoms with Gasteiger partial charge in [-0.2, -0.15) is 0 Å². The Morgan fingerprint density at radius 2 is 1.36 bits per heavy atom. The summed E-state index contributed by atoms with van der Waals surface area (Å²) in [7, 11) is 0. The Morgan fingerprint density at radius 3 is 1.89 bits per heavy atom. The molecule has 1 aliphatic rings. The van der Waals surface area contributed by atoms with E-state index in [0.717, 1.165) is 38.9 Å². The second-order valence-electron chi connectivity index (χ2n) is 12.6. The van der Waals surface area contributed by atoms with Crippen LogP contribution in [0.5, 0.6) is 5.75 Å². The summed E-state index contributed by atoms with van der Waals surface area (Å²) in [6.45, 7) is 14.4. The lowest BCUT2D eigenvalue weighted by Crippen LogP contribution is -2.40. The lowest BCUT2D eigenvalue weighted by molar-refractivity contribution is -0.158. The third-order valence-electron chi connectivity index (χ3n) is 7.35. The molecule has 8 nitrogen and oxygen atoms in total. The van der Waals surface area contributed by atoms with Crippen molar-refractivity contribution in [3.05, 3.63) is 88.5 Å². The molecule has 4 rings (SSSR count). The van der Waals surface area contributed by atoms with Crippen molar-refractivity contribution >= 4 is 18.0 Å². The monoisotopic (exact) mass is 601 g/mol. The van der Waals surface area contributed by atoms with Gasteiger partial charge in [0.25, 0.3) is 0 Å². The standard InChI is InChI=1S/C36H43NO7/c1-9-41-33(39)36(7,8)44-32-23(2)18-25(19-24(32)3)20-37(21-31(38)43-35(4,5)6)34(40)42-22-30-28-16-12-10-14-26(28)27-15-11-13-17-29(27)30/h10-19,30H,9,20-22H2,1-8H3. The van der Waals surface area contributed by atoms with Gasteiger partial charge in [-0.3, -0.25) is 9.69 Å². The van der Waals surface area contributed by atoms with Gasteiger partial charge in [0.15, 0.2) is 5.60 Å². The Bertz CT molecular complexity index is 1470. The van der Waals surface area contributed by atoms with Gasteiger partial charge in [0.1, 0.15) is 24.5 Å². The first-order valence-corrected chi connectivity index (χ1v) is 15.0. The molecule has 0 aromatic heterocycles. The van der Waals surface area contributed by atoms with Crippen molar-refractivity contribution in [3.63, 3.8) is 0 Å². The minimum absolute atomic E-state index is 0.110. The van der Waals surface area contributed by atoms with E-state index in [2.05, 4.69) is 24.3 Å². The van der Waals surface area contributed by atoms with Crippen LogP contribution in [0.25, 0.3) is 11.1 Å². The summed E-state index contributed by atoms with van der Waals surface area (Å²) in [5.41, 5.74) is 4.92. The fraction of sp³-hybridized carbons (Fsp3) is 0.417. The second kappa shape index (κ2) is 13.1. The molecule has 0 bridgehead atoms. The van der Waals surface area contributed by atoms with Crippen LogP contribution in [0.15, 0.2) is 60.7 Å². The van der Waals surface area contributed by atoms with E-state index in [1.165, 1.54) is 4.90 Å². The summed E-state index contributed by atoms with van der Waals surface area (Å²) < 4.78 is 22.7. The van der Waals surface area contributed by atoms with E-state index < -0.39 is 29.2 Å². The van der Waals surface area contributed by atoms with E-state index in [0.29, 0.717) is 5.75 Å². The van der Waals surface area contributed by atoms with Crippen molar-refractivity contribution in [1.82, 2.24) is 4.90 Å². The van der Waals surface area contributed by atoms with E-state index >= 15 is 0 Å². The highest BCUT2D eigenvalue weighted by atomic mass is 16.6. The number of carbonyl (C=O) groups is 3. The summed E-state index contributed by atoms with van der Waals surface area (Å²) in [6.07, 6.45) is -0.614. The van der Waals surface area contributed by atoms with Gasteiger partial charge >= 0.3 is 18.0 Å². The lowest BCUT2D eigenvalue weighted by atomic mass is 9.98. The van der Waals surface area contributed by atoms with Gasteiger partial charge in [0.2, 0.25) is 0 Å². The summed E-state index contributed by atoms with van der Waals surface area (Å²) in [5, 5.41) is 0. The molecule has 44 heavy (non-hydrogen) atoms. The number of esters is 2. The molecule has 0 aliphatic heterocycles. The fourth-order valence-corrected chi connectivity index (χ4v) is 5.51. The van der Waals surface area contributed by atoms with Crippen molar-refractivity contribution in [2.24, 2.45) is 0 Å². The Kier molecular flexibility index (Phi) is 9.72. The van der Waals surface area contributed by atoms with Crippen LogP contribution in [0.4, 0.5) is 4.79 Å². The van der Waals surface area contributed by atoms with E-state index in [-0.39, 0.29) is 32.2 Å². The molecule has 3 aromatic rings. The first kappa shape index (κ1) is 32.6. The van der Waals surface area contributed by atoms with Crippen molar-refractivity contribution in [2.75, 3.05) is 19.8 Å². The Hall–Kier alpha value is -4.33. The van der Waals surface area contributed by atoms with E-state index in [4.69, 9.17) is 18.9 Å². The quantitative estimate of drug-likeness (QED) is 0.181. The maximum absolute atomic E-state index is 13.6. The topological polar surface area (TPSA) is 91.4 Å². The Morgan fingerprint density at radius 1 is 0.818 bits per heavy atom. The molecule has 8 heteroatoms. The highest BCUT2D eigenvalue weighted by Crippen LogP contribution is 2.44. The molecular weight excluding hydrogens is 558 g/mol. The summed E-state index contributed by atoms with van der Waals surface area (Å²) in [6, 6.07) is 20.0. The number of aryl methyl sites for hydroxylation is 2. The number of amides is 1. The molecule has 0 spiro atoms. The molecular formula is C36H43NO7. The van der Waals surface area contributed by atoms with Crippen molar-refractivity contribution < 1.29 is 33.3 Å². The van der Waals surface area contributed by atoms with Crippen molar-refractivity contribution in [2.45, 2.75) is 79.1 Å². The number of hydrogen-bond donors (Lipinski definition) is 0. The number of carbonyl (C=O) groups excluding carboxylic acids is 3. The SMILES string of the molecule is CCOC(=O)C(C)(C)Oc1c(C)cc(CN(CC(=O)OC(C)(C)C)C(=O)OCC2c3ccccc3-c3ccccc32)cc1C. The van der Waals surface area contributed by atoms with Gasteiger partial charge in [-0.15, -0.1) is 0 Å². The van der Waals surface area contributed by atoms with Crippen LogP contribution in [0.2, 0.25) is 0 Å². The molecule has 0 fully saturated rings. The number of nitrogens with zero attached hydrogens (tertiary/aromatic N) is 1. The lowest BCUT2D eigenvalue weighted by Gasteiger charge is -2.28. The van der Waals surface area contributed by atoms with Gasteiger partial charge in [-0.05, 0) is 94.3 Å². The third-order valence-corrected chi connectivity index (χ3v) is 7.35. The molecule has 0 heterocycles. The Labute approximate surface area is 260 Å². The predicted octanol–water partition coefficient (Wildman–Crippen LogP) is 7.12. The van der Waals surface area contributed by atoms with E-state index in [9.17, 15) is 14.4 Å². The zero-order chi connectivity index (χ0) is 32.2. The van der Waals surface area contributed by atoms with Crippen molar-refractivity contribution in [3.8, 4) is 16.9 Å². The maximum atomic E-state index is 13.6. The molecule has 1 aliphatic carbocycles. The highest BCUT2D eigenvalue weighted by Gasteiger charge is 2.33. The minimum atomic E-state index is -1.18. The smallest absolute Gasteiger partial charge is 0.410 e. The molecule has 3 aromatic carbocycles. The third kappa shape index (κ3) is 7.59. The zero-order valence-electron chi connectivity index (χ0n) is 27.0. The number of ether oxygens (including phenoxy) is 4. The number of benzene rings is 3. The van der Waals surface area contributed by atoms with E-state index in [1.54, 1.807) is 41.5 Å². The van der Waals surface area contributed by atoms with E-state index in [1.807, 2.05) is 50.2 Å². The number of hydrogen-bond acceptors (Lipinski definition) is 7. The highest BCUT2D eigenvalue weighted by molar-refractivity contribution is 5.81. The van der Waals surface area contributed by atoms with Crippen molar-refractivity contribution in [1.29, 1.82) is 0 Å². The molecule has 0 atom stereocenters. The molecule has 0 saturated carbocycles. The number of fused-ring (bicyclic) bond motifs is 3. The maximum Gasteiger partial charge on any atom is 0.410 e. The average Bonchev–Trinajstić information content (AvgIpc) is 3.26. The average molecular weight is 602 g/mol. The number of rotatable bonds is 10. The molecule has 0 N–H and O–H groups in total. The Balaban J connectivity index is 1.55. The summed E-state index contributed by atoms with van der Waals surface area (Å²) >= 11 is 0. The first-order valence-electron chi connectivity index (χ1n) is 15.0. The van der Waals surface area contributed by atoms with Crippen LogP contribution >= 0.6 is 0 Å². The van der Waals surface area contributed by atoms with Crippen LogP contribution in [0.3, 0.4) is 0 Å². The van der Waals surface area contributed by atoms with Gasteiger partial charge in [-0.1, -0.05) is 60.7 Å². The molecule has 0 unspecified atom stereocenters.